The van der Waals surface area contributed by atoms with E-state index >= 15 is 0 Å². The van der Waals surface area contributed by atoms with Crippen molar-refractivity contribution in [2.45, 2.75) is 13.0 Å². The van der Waals surface area contributed by atoms with E-state index in [4.69, 9.17) is 16.3 Å². The molecule has 5 nitrogen and oxygen atoms in total. The van der Waals surface area contributed by atoms with Gasteiger partial charge in [0.15, 0.2) is 0 Å². The number of benzene rings is 1. The average molecular weight is 285 g/mol. The smallest absolute Gasteiger partial charge is 0.309 e. The molecule has 0 aliphatic carbocycles. The van der Waals surface area contributed by atoms with E-state index in [1.807, 2.05) is 18.2 Å². The lowest BCUT2D eigenvalue weighted by Crippen LogP contribution is -2.41. The van der Waals surface area contributed by atoms with Crippen LogP contribution < -0.4 is 10.6 Å². The SMILES string of the molecule is CCNC(=O)C(=O)NCC(OC)c1ccccc1Cl. The van der Waals surface area contributed by atoms with Crippen LogP contribution in [-0.4, -0.2) is 32.0 Å². The molecule has 0 radical (unpaired) electrons. The monoisotopic (exact) mass is 284 g/mol. The first-order valence-corrected chi connectivity index (χ1v) is 6.31. The Morgan fingerprint density at radius 1 is 1.26 bits per heavy atom. The number of amides is 2. The zero-order chi connectivity index (χ0) is 14.3. The molecule has 6 heteroatoms. The summed E-state index contributed by atoms with van der Waals surface area (Å²) in [6.07, 6.45) is -0.396. The van der Waals surface area contributed by atoms with Gasteiger partial charge in [-0.2, -0.15) is 0 Å². The van der Waals surface area contributed by atoms with Gasteiger partial charge in [-0.15, -0.1) is 0 Å². The molecule has 0 fully saturated rings. The molecule has 1 unspecified atom stereocenters. The molecule has 0 spiro atoms. The number of methoxy groups -OCH3 is 1. The van der Waals surface area contributed by atoms with Gasteiger partial charge in [0.1, 0.15) is 6.10 Å². The molecule has 0 aromatic heterocycles. The van der Waals surface area contributed by atoms with Crippen LogP contribution >= 0.6 is 11.6 Å². The van der Waals surface area contributed by atoms with E-state index in [9.17, 15) is 9.59 Å². The van der Waals surface area contributed by atoms with Gasteiger partial charge >= 0.3 is 11.8 Å². The second kappa shape index (κ2) is 7.76. The number of likely N-dealkylation sites (N-methyl/N-ethyl adjacent to an activating group) is 1. The second-order valence-electron chi connectivity index (χ2n) is 3.82. The van der Waals surface area contributed by atoms with E-state index in [2.05, 4.69) is 10.6 Å². The first kappa shape index (κ1) is 15.5. The number of rotatable bonds is 5. The third kappa shape index (κ3) is 4.54. The van der Waals surface area contributed by atoms with Crippen LogP contribution in [-0.2, 0) is 14.3 Å². The molecule has 0 saturated heterocycles. The molecule has 2 amide bonds. The molecule has 1 aromatic rings. The summed E-state index contributed by atoms with van der Waals surface area (Å²) < 4.78 is 5.28. The molecular formula is C13H17ClN2O3. The van der Waals surface area contributed by atoms with Crippen LogP contribution in [0.5, 0.6) is 0 Å². The van der Waals surface area contributed by atoms with Gasteiger partial charge in [0.25, 0.3) is 0 Å². The normalized spacial score (nSPS) is 11.7. The summed E-state index contributed by atoms with van der Waals surface area (Å²) in [5.41, 5.74) is 0.767. The molecule has 1 aromatic carbocycles. The Labute approximate surface area is 117 Å². The summed E-state index contributed by atoms with van der Waals surface area (Å²) in [6, 6.07) is 7.20. The lowest BCUT2D eigenvalue weighted by atomic mass is 10.1. The Morgan fingerprint density at radius 2 is 1.89 bits per heavy atom. The molecule has 1 atom stereocenters. The van der Waals surface area contributed by atoms with Crippen molar-refractivity contribution in [1.82, 2.24) is 10.6 Å². The van der Waals surface area contributed by atoms with Crippen LogP contribution in [0.15, 0.2) is 24.3 Å². The largest absolute Gasteiger partial charge is 0.375 e. The number of carbonyl (C=O) groups excluding carboxylic acids is 2. The summed E-state index contributed by atoms with van der Waals surface area (Å²) >= 11 is 6.05. The van der Waals surface area contributed by atoms with E-state index < -0.39 is 17.9 Å². The van der Waals surface area contributed by atoms with E-state index in [0.29, 0.717) is 11.6 Å². The standard InChI is InChI=1S/C13H17ClN2O3/c1-3-15-12(17)13(18)16-8-11(19-2)9-6-4-5-7-10(9)14/h4-7,11H,3,8H2,1-2H3,(H,15,17)(H,16,18). The Morgan fingerprint density at radius 3 is 2.47 bits per heavy atom. The Kier molecular flexibility index (Phi) is 6.32. The van der Waals surface area contributed by atoms with E-state index in [1.54, 1.807) is 13.0 Å². The van der Waals surface area contributed by atoms with Gasteiger partial charge in [-0.3, -0.25) is 9.59 Å². The number of hydrogen-bond donors (Lipinski definition) is 2. The molecule has 0 bridgehead atoms. The Bertz CT molecular complexity index is 451. The molecule has 2 N–H and O–H groups in total. The second-order valence-corrected chi connectivity index (χ2v) is 4.22. The topological polar surface area (TPSA) is 67.4 Å². The molecule has 0 saturated carbocycles. The van der Waals surface area contributed by atoms with Crippen molar-refractivity contribution < 1.29 is 14.3 Å². The summed E-state index contributed by atoms with van der Waals surface area (Å²) in [5.74, 6) is -1.34. The van der Waals surface area contributed by atoms with Gasteiger partial charge in [0.05, 0.1) is 0 Å². The first-order chi connectivity index (χ1) is 9.10. The van der Waals surface area contributed by atoms with Gasteiger partial charge in [-0.05, 0) is 13.0 Å². The predicted octanol–water partition coefficient (Wildman–Crippen LogP) is 1.28. The van der Waals surface area contributed by atoms with Crippen molar-refractivity contribution in [2.24, 2.45) is 0 Å². The minimum absolute atomic E-state index is 0.177. The van der Waals surface area contributed by atoms with Crippen molar-refractivity contribution >= 4 is 23.4 Å². The average Bonchev–Trinajstić information content (AvgIpc) is 2.41. The number of nitrogens with one attached hydrogen (secondary N) is 2. The highest BCUT2D eigenvalue weighted by atomic mass is 35.5. The van der Waals surface area contributed by atoms with Gasteiger partial charge in [-0.25, -0.2) is 0 Å². The van der Waals surface area contributed by atoms with Gasteiger partial charge in [0, 0.05) is 30.8 Å². The number of ether oxygens (including phenoxy) is 1. The predicted molar refractivity (Wildman–Crippen MR) is 72.9 cm³/mol. The third-order valence-electron chi connectivity index (χ3n) is 2.53. The molecule has 19 heavy (non-hydrogen) atoms. The van der Waals surface area contributed by atoms with Crippen LogP contribution in [0.25, 0.3) is 0 Å². The highest BCUT2D eigenvalue weighted by Gasteiger charge is 2.17. The summed E-state index contributed by atoms with van der Waals surface area (Å²) in [6.45, 7) is 2.33. The highest BCUT2D eigenvalue weighted by Crippen LogP contribution is 2.24. The fraction of sp³-hybridized carbons (Fsp3) is 0.385. The summed E-state index contributed by atoms with van der Waals surface area (Å²) in [7, 11) is 1.52. The molecule has 0 aliphatic rings. The van der Waals surface area contributed by atoms with Crippen LogP contribution in [0.4, 0.5) is 0 Å². The molecule has 1 rings (SSSR count). The van der Waals surface area contributed by atoms with Crippen molar-refractivity contribution in [3.63, 3.8) is 0 Å². The number of carbonyl (C=O) groups is 2. The highest BCUT2D eigenvalue weighted by molar-refractivity contribution is 6.35. The van der Waals surface area contributed by atoms with Crippen molar-refractivity contribution in [2.75, 3.05) is 20.2 Å². The van der Waals surface area contributed by atoms with Crippen LogP contribution in [0.3, 0.4) is 0 Å². The maximum Gasteiger partial charge on any atom is 0.309 e. The van der Waals surface area contributed by atoms with Crippen molar-refractivity contribution in [3.8, 4) is 0 Å². The lowest BCUT2D eigenvalue weighted by Gasteiger charge is -2.17. The zero-order valence-corrected chi connectivity index (χ0v) is 11.7. The van der Waals surface area contributed by atoms with E-state index in [1.165, 1.54) is 7.11 Å². The van der Waals surface area contributed by atoms with Crippen molar-refractivity contribution in [1.29, 1.82) is 0 Å². The number of halogens is 1. The minimum atomic E-state index is -0.684. The number of hydrogen-bond acceptors (Lipinski definition) is 3. The van der Waals surface area contributed by atoms with Gasteiger partial charge in [0.2, 0.25) is 0 Å². The fourth-order valence-electron chi connectivity index (χ4n) is 1.56. The maximum atomic E-state index is 11.5. The van der Waals surface area contributed by atoms with Crippen LogP contribution in [0, 0.1) is 0 Å². The fourth-order valence-corrected chi connectivity index (χ4v) is 1.82. The lowest BCUT2D eigenvalue weighted by molar-refractivity contribution is -0.139. The van der Waals surface area contributed by atoms with Crippen LogP contribution in [0.1, 0.15) is 18.6 Å². The van der Waals surface area contributed by atoms with Gasteiger partial charge in [-0.1, -0.05) is 29.8 Å². The van der Waals surface area contributed by atoms with E-state index in [-0.39, 0.29) is 6.54 Å². The molecule has 0 aliphatic heterocycles. The first-order valence-electron chi connectivity index (χ1n) is 5.93. The van der Waals surface area contributed by atoms with E-state index in [0.717, 1.165) is 5.56 Å². The Balaban J connectivity index is 2.62. The quantitative estimate of drug-likeness (QED) is 0.801. The molecule has 0 heterocycles. The maximum absolute atomic E-state index is 11.5. The van der Waals surface area contributed by atoms with Crippen LogP contribution in [0.2, 0.25) is 5.02 Å². The van der Waals surface area contributed by atoms with Crippen molar-refractivity contribution in [3.05, 3.63) is 34.9 Å². The van der Waals surface area contributed by atoms with Gasteiger partial charge < -0.3 is 15.4 Å². The third-order valence-corrected chi connectivity index (χ3v) is 2.87. The summed E-state index contributed by atoms with van der Waals surface area (Å²) in [4.78, 5) is 22.7. The summed E-state index contributed by atoms with van der Waals surface area (Å²) in [5, 5.41) is 5.49. The Hall–Kier alpha value is -1.59. The minimum Gasteiger partial charge on any atom is -0.375 e. The molecule has 104 valence electrons. The zero-order valence-electron chi connectivity index (χ0n) is 10.9. The molecular weight excluding hydrogens is 268 g/mol.